The molecule has 0 aliphatic carbocycles. The van der Waals surface area contributed by atoms with Crippen LogP contribution in [0.3, 0.4) is 0 Å². The molecule has 3 rings (SSSR count). The Morgan fingerprint density at radius 3 is 2.50 bits per heavy atom. The largest absolute Gasteiger partial charge is 0.497 e. The molecule has 0 atom stereocenters. The highest BCUT2D eigenvalue weighted by Crippen LogP contribution is 2.18. The SMILES string of the molecule is COc1ccc(CNS(=O)(=O)c2ccc3oc(=O)ccc3c2)cc1. The third-order valence-electron chi connectivity index (χ3n) is 3.53. The zero-order valence-corrected chi connectivity index (χ0v) is 13.7. The zero-order chi connectivity index (χ0) is 17.2. The fourth-order valence-electron chi connectivity index (χ4n) is 2.22. The molecule has 0 amide bonds. The third kappa shape index (κ3) is 3.47. The summed E-state index contributed by atoms with van der Waals surface area (Å²) >= 11 is 0. The monoisotopic (exact) mass is 345 g/mol. The second kappa shape index (κ2) is 6.46. The highest BCUT2D eigenvalue weighted by atomic mass is 32.2. The second-order valence-electron chi connectivity index (χ2n) is 5.13. The van der Waals surface area contributed by atoms with Crippen LogP contribution in [-0.2, 0) is 16.6 Å². The Morgan fingerprint density at radius 2 is 1.79 bits per heavy atom. The van der Waals surface area contributed by atoms with Gasteiger partial charge in [0.25, 0.3) is 0 Å². The van der Waals surface area contributed by atoms with Gasteiger partial charge in [-0.15, -0.1) is 0 Å². The van der Waals surface area contributed by atoms with Crippen molar-refractivity contribution < 1.29 is 17.6 Å². The Labute approximate surface area is 138 Å². The normalized spacial score (nSPS) is 11.5. The number of fused-ring (bicyclic) bond motifs is 1. The number of rotatable bonds is 5. The van der Waals surface area contributed by atoms with Crippen molar-refractivity contribution in [2.75, 3.05) is 7.11 Å². The summed E-state index contributed by atoms with van der Waals surface area (Å²) in [6.45, 7) is 0.161. The van der Waals surface area contributed by atoms with Crippen LogP contribution < -0.4 is 15.1 Å². The standard InChI is InChI=1S/C17H15NO5S/c1-22-14-5-2-12(3-6-14)11-18-24(20,21)15-7-8-16-13(10-15)4-9-17(19)23-16/h2-10,18H,11H2,1H3. The molecule has 7 heteroatoms. The van der Waals surface area contributed by atoms with E-state index >= 15 is 0 Å². The van der Waals surface area contributed by atoms with E-state index in [9.17, 15) is 13.2 Å². The van der Waals surface area contributed by atoms with Crippen LogP contribution in [0.2, 0.25) is 0 Å². The van der Waals surface area contributed by atoms with Gasteiger partial charge in [0.05, 0.1) is 12.0 Å². The van der Waals surface area contributed by atoms with Gasteiger partial charge in [0, 0.05) is 18.0 Å². The minimum atomic E-state index is -3.68. The molecular formula is C17H15NO5S. The number of hydrogen-bond donors (Lipinski definition) is 1. The predicted molar refractivity (Wildman–Crippen MR) is 89.5 cm³/mol. The van der Waals surface area contributed by atoms with Crippen molar-refractivity contribution in [1.82, 2.24) is 4.72 Å². The Kier molecular flexibility index (Phi) is 4.37. The molecule has 1 heterocycles. The van der Waals surface area contributed by atoms with Crippen LogP contribution in [0.25, 0.3) is 11.0 Å². The van der Waals surface area contributed by atoms with E-state index in [1.165, 1.54) is 30.3 Å². The van der Waals surface area contributed by atoms with E-state index in [-0.39, 0.29) is 11.4 Å². The van der Waals surface area contributed by atoms with Gasteiger partial charge in [-0.05, 0) is 42.0 Å². The first kappa shape index (κ1) is 16.2. The van der Waals surface area contributed by atoms with Gasteiger partial charge in [0.15, 0.2) is 0 Å². The van der Waals surface area contributed by atoms with Gasteiger partial charge in [-0.3, -0.25) is 0 Å². The summed E-state index contributed by atoms with van der Waals surface area (Å²) in [4.78, 5) is 11.3. The fraction of sp³-hybridized carbons (Fsp3) is 0.118. The average molecular weight is 345 g/mol. The molecular weight excluding hydrogens is 330 g/mol. The highest BCUT2D eigenvalue weighted by molar-refractivity contribution is 7.89. The Morgan fingerprint density at radius 1 is 1.04 bits per heavy atom. The van der Waals surface area contributed by atoms with E-state index in [4.69, 9.17) is 9.15 Å². The maximum absolute atomic E-state index is 12.4. The molecule has 0 bridgehead atoms. The molecule has 2 aromatic carbocycles. The lowest BCUT2D eigenvalue weighted by atomic mass is 10.2. The molecule has 0 aliphatic rings. The van der Waals surface area contributed by atoms with Gasteiger partial charge in [0.1, 0.15) is 11.3 Å². The topological polar surface area (TPSA) is 85.6 Å². The summed E-state index contributed by atoms with van der Waals surface area (Å²) in [5.41, 5.74) is 0.679. The minimum Gasteiger partial charge on any atom is -0.497 e. The molecule has 3 aromatic rings. The van der Waals surface area contributed by atoms with E-state index < -0.39 is 15.6 Å². The summed E-state index contributed by atoms with van der Waals surface area (Å²) in [5, 5.41) is 0.543. The van der Waals surface area contributed by atoms with Gasteiger partial charge >= 0.3 is 5.63 Å². The molecule has 6 nitrogen and oxygen atoms in total. The van der Waals surface area contributed by atoms with Gasteiger partial charge < -0.3 is 9.15 Å². The first-order valence-corrected chi connectivity index (χ1v) is 8.63. The maximum Gasteiger partial charge on any atom is 0.336 e. The first-order chi connectivity index (χ1) is 11.5. The van der Waals surface area contributed by atoms with Crippen molar-refractivity contribution in [1.29, 1.82) is 0 Å². The van der Waals surface area contributed by atoms with E-state index in [0.29, 0.717) is 16.7 Å². The number of hydrogen-bond acceptors (Lipinski definition) is 5. The molecule has 24 heavy (non-hydrogen) atoms. The summed E-state index contributed by atoms with van der Waals surface area (Å²) < 4.78 is 37.4. The minimum absolute atomic E-state index is 0.109. The van der Waals surface area contributed by atoms with E-state index in [1.807, 2.05) is 0 Å². The van der Waals surface area contributed by atoms with Gasteiger partial charge in [-0.1, -0.05) is 12.1 Å². The van der Waals surface area contributed by atoms with Crippen LogP contribution >= 0.6 is 0 Å². The Balaban J connectivity index is 1.81. The Bertz CT molecular complexity index is 1020. The number of benzene rings is 2. The van der Waals surface area contributed by atoms with Crippen molar-refractivity contribution in [3.63, 3.8) is 0 Å². The lowest BCUT2D eigenvalue weighted by Gasteiger charge is -2.08. The van der Waals surface area contributed by atoms with E-state index in [2.05, 4.69) is 4.72 Å². The van der Waals surface area contributed by atoms with E-state index in [1.54, 1.807) is 31.4 Å². The summed E-state index contributed by atoms with van der Waals surface area (Å²) in [6.07, 6.45) is 0. The summed E-state index contributed by atoms with van der Waals surface area (Å²) in [7, 11) is -2.11. The molecule has 0 aliphatic heterocycles. The molecule has 0 fully saturated rings. The molecule has 0 radical (unpaired) electrons. The average Bonchev–Trinajstić information content (AvgIpc) is 2.60. The summed E-state index contributed by atoms with van der Waals surface area (Å²) in [5.74, 6) is 0.706. The molecule has 0 saturated carbocycles. The molecule has 1 aromatic heterocycles. The highest BCUT2D eigenvalue weighted by Gasteiger charge is 2.14. The number of sulfonamides is 1. The molecule has 124 valence electrons. The number of methoxy groups -OCH3 is 1. The molecule has 0 unspecified atom stereocenters. The van der Waals surface area contributed by atoms with Crippen molar-refractivity contribution >= 4 is 21.0 Å². The Hall–Kier alpha value is -2.64. The molecule has 0 spiro atoms. The van der Waals surface area contributed by atoms with Crippen LogP contribution in [0, 0.1) is 0 Å². The quantitative estimate of drug-likeness (QED) is 0.717. The second-order valence-corrected chi connectivity index (χ2v) is 6.89. The van der Waals surface area contributed by atoms with Crippen molar-refractivity contribution in [2.45, 2.75) is 11.4 Å². The predicted octanol–water partition coefficient (Wildman–Crippen LogP) is 2.28. The van der Waals surface area contributed by atoms with Gasteiger partial charge in [-0.2, -0.15) is 0 Å². The van der Waals surface area contributed by atoms with Crippen molar-refractivity contribution in [3.05, 3.63) is 70.6 Å². The lowest BCUT2D eigenvalue weighted by molar-refractivity contribution is 0.414. The van der Waals surface area contributed by atoms with Crippen LogP contribution in [0.4, 0.5) is 0 Å². The fourth-order valence-corrected chi connectivity index (χ4v) is 3.27. The van der Waals surface area contributed by atoms with Crippen LogP contribution in [-0.4, -0.2) is 15.5 Å². The zero-order valence-electron chi connectivity index (χ0n) is 12.9. The van der Waals surface area contributed by atoms with Crippen molar-refractivity contribution in [2.24, 2.45) is 0 Å². The maximum atomic E-state index is 12.4. The van der Waals surface area contributed by atoms with Gasteiger partial charge in [0.2, 0.25) is 10.0 Å². The molecule has 1 N–H and O–H groups in total. The smallest absolute Gasteiger partial charge is 0.336 e. The van der Waals surface area contributed by atoms with Crippen molar-refractivity contribution in [3.8, 4) is 5.75 Å². The van der Waals surface area contributed by atoms with Gasteiger partial charge in [-0.25, -0.2) is 17.9 Å². The van der Waals surface area contributed by atoms with Crippen LogP contribution in [0.15, 0.2) is 68.7 Å². The number of ether oxygens (including phenoxy) is 1. The van der Waals surface area contributed by atoms with Crippen LogP contribution in [0.5, 0.6) is 5.75 Å². The summed E-state index contributed by atoms with van der Waals surface area (Å²) in [6, 6.07) is 14.2. The van der Waals surface area contributed by atoms with Crippen LogP contribution in [0.1, 0.15) is 5.56 Å². The number of nitrogens with one attached hydrogen (secondary N) is 1. The first-order valence-electron chi connectivity index (χ1n) is 7.14. The lowest BCUT2D eigenvalue weighted by Crippen LogP contribution is -2.23. The van der Waals surface area contributed by atoms with E-state index in [0.717, 1.165) is 5.56 Å². The molecule has 0 saturated heterocycles. The third-order valence-corrected chi connectivity index (χ3v) is 4.93.